The molecule has 0 saturated carbocycles. The van der Waals surface area contributed by atoms with Crippen LogP contribution in [0.5, 0.6) is 0 Å². The smallest absolute Gasteiger partial charge is 0.381 e. The first-order valence-corrected chi connectivity index (χ1v) is 4.00. The molecule has 1 nitrogen and oxygen atoms in total. The summed E-state index contributed by atoms with van der Waals surface area (Å²) < 4.78 is 36.2. The van der Waals surface area contributed by atoms with Crippen LogP contribution in [-0.4, -0.2) is 16.9 Å². The van der Waals surface area contributed by atoms with Crippen molar-refractivity contribution < 1.29 is 18.3 Å². The second-order valence-corrected chi connectivity index (χ2v) is 3.49. The van der Waals surface area contributed by atoms with Gasteiger partial charge >= 0.3 is 6.18 Å². The quantitative estimate of drug-likeness (QED) is 0.715. The maximum absolute atomic E-state index is 12.1. The molecule has 0 rings (SSSR count). The summed E-state index contributed by atoms with van der Waals surface area (Å²) in [6.45, 7) is 4.32. The Labute approximate surface area is 70.6 Å². The van der Waals surface area contributed by atoms with E-state index in [9.17, 15) is 13.2 Å². The van der Waals surface area contributed by atoms with E-state index in [0.717, 1.165) is 6.92 Å². The van der Waals surface area contributed by atoms with Gasteiger partial charge < -0.3 is 5.11 Å². The fourth-order valence-corrected chi connectivity index (χ4v) is 0.939. The molecular weight excluding hydrogens is 169 g/mol. The minimum atomic E-state index is -4.52. The average molecular weight is 184 g/mol. The van der Waals surface area contributed by atoms with Crippen molar-refractivity contribution in [3.8, 4) is 0 Å². The molecule has 0 heterocycles. The molecule has 0 aliphatic heterocycles. The molecule has 0 aliphatic carbocycles. The molecule has 12 heavy (non-hydrogen) atoms. The van der Waals surface area contributed by atoms with Crippen molar-refractivity contribution in [3.05, 3.63) is 0 Å². The predicted molar refractivity (Wildman–Crippen MR) is 40.8 cm³/mol. The molecule has 0 spiro atoms. The first-order chi connectivity index (χ1) is 5.20. The van der Waals surface area contributed by atoms with Crippen LogP contribution >= 0.6 is 0 Å². The molecule has 0 bridgehead atoms. The van der Waals surface area contributed by atoms with Gasteiger partial charge in [0.1, 0.15) is 0 Å². The van der Waals surface area contributed by atoms with Gasteiger partial charge in [0.05, 0.1) is 0 Å². The van der Waals surface area contributed by atoms with E-state index in [1.54, 1.807) is 13.8 Å². The molecule has 0 fully saturated rings. The van der Waals surface area contributed by atoms with Crippen molar-refractivity contribution in [3.63, 3.8) is 0 Å². The standard InChI is InChI=1S/C8H15F3O/c1-4-6(2)5-7(3,12)8(9,10)11/h6,12H,4-5H2,1-3H3/t6-,7?/m0/s1. The van der Waals surface area contributed by atoms with Crippen molar-refractivity contribution in [1.82, 2.24) is 0 Å². The molecular formula is C8H15F3O. The van der Waals surface area contributed by atoms with Crippen LogP contribution in [0.15, 0.2) is 0 Å². The SMILES string of the molecule is CC[C@H](C)CC(C)(O)C(F)(F)F. The molecule has 74 valence electrons. The van der Waals surface area contributed by atoms with Crippen LogP contribution < -0.4 is 0 Å². The average Bonchev–Trinajstić information content (AvgIpc) is 1.84. The minimum absolute atomic E-state index is 0.110. The van der Waals surface area contributed by atoms with Gasteiger partial charge in [0.2, 0.25) is 0 Å². The highest BCUT2D eigenvalue weighted by Crippen LogP contribution is 2.35. The Morgan fingerprint density at radius 3 is 2.00 bits per heavy atom. The van der Waals surface area contributed by atoms with E-state index >= 15 is 0 Å². The van der Waals surface area contributed by atoms with Crippen molar-refractivity contribution in [2.75, 3.05) is 0 Å². The summed E-state index contributed by atoms with van der Waals surface area (Å²) in [5.41, 5.74) is -2.54. The number of rotatable bonds is 3. The van der Waals surface area contributed by atoms with Gasteiger partial charge in [-0.3, -0.25) is 0 Å². The van der Waals surface area contributed by atoms with E-state index in [2.05, 4.69) is 0 Å². The molecule has 0 saturated heterocycles. The highest BCUT2D eigenvalue weighted by Gasteiger charge is 2.49. The van der Waals surface area contributed by atoms with Gasteiger partial charge in [-0.2, -0.15) is 13.2 Å². The molecule has 0 aromatic carbocycles. The number of hydrogen-bond acceptors (Lipinski definition) is 1. The van der Waals surface area contributed by atoms with Crippen LogP contribution in [-0.2, 0) is 0 Å². The van der Waals surface area contributed by atoms with Crippen LogP contribution in [0.1, 0.15) is 33.6 Å². The normalized spacial score (nSPS) is 20.2. The maximum Gasteiger partial charge on any atom is 0.416 e. The van der Waals surface area contributed by atoms with Gasteiger partial charge in [-0.05, 0) is 19.3 Å². The highest BCUT2D eigenvalue weighted by molar-refractivity contribution is 4.82. The van der Waals surface area contributed by atoms with Crippen LogP contribution in [0.25, 0.3) is 0 Å². The molecule has 2 atom stereocenters. The zero-order valence-corrected chi connectivity index (χ0v) is 7.57. The fraction of sp³-hybridized carbons (Fsp3) is 1.00. The molecule has 1 unspecified atom stereocenters. The number of halogens is 3. The van der Waals surface area contributed by atoms with E-state index in [4.69, 9.17) is 5.11 Å². The van der Waals surface area contributed by atoms with Gasteiger partial charge in [0.15, 0.2) is 5.60 Å². The molecule has 0 aromatic heterocycles. The van der Waals surface area contributed by atoms with Gasteiger partial charge in [0, 0.05) is 0 Å². The third kappa shape index (κ3) is 3.01. The highest BCUT2D eigenvalue weighted by atomic mass is 19.4. The molecule has 0 amide bonds. The largest absolute Gasteiger partial charge is 0.416 e. The topological polar surface area (TPSA) is 20.2 Å². The van der Waals surface area contributed by atoms with Crippen LogP contribution in [0.4, 0.5) is 13.2 Å². The molecule has 0 radical (unpaired) electrons. The summed E-state index contributed by atoms with van der Waals surface area (Å²) in [4.78, 5) is 0. The van der Waals surface area contributed by atoms with Gasteiger partial charge in [-0.15, -0.1) is 0 Å². The molecule has 0 aromatic rings. The lowest BCUT2D eigenvalue weighted by molar-refractivity contribution is -0.258. The number of alkyl halides is 3. The van der Waals surface area contributed by atoms with Crippen LogP contribution in [0.2, 0.25) is 0 Å². The van der Waals surface area contributed by atoms with Crippen molar-refractivity contribution in [1.29, 1.82) is 0 Å². The number of hydrogen-bond donors (Lipinski definition) is 1. The molecule has 1 N–H and O–H groups in total. The summed E-state index contributed by atoms with van der Waals surface area (Å²) in [5, 5.41) is 9.03. The monoisotopic (exact) mass is 184 g/mol. The Balaban J connectivity index is 4.22. The zero-order valence-electron chi connectivity index (χ0n) is 7.57. The Bertz CT molecular complexity index is 140. The summed E-state index contributed by atoms with van der Waals surface area (Å²) >= 11 is 0. The molecule has 4 heteroatoms. The third-order valence-corrected chi connectivity index (χ3v) is 2.05. The van der Waals surface area contributed by atoms with Gasteiger partial charge in [-0.1, -0.05) is 20.3 Å². The summed E-state index contributed by atoms with van der Waals surface area (Å²) in [5.74, 6) is -0.110. The maximum atomic E-state index is 12.1. The summed E-state index contributed by atoms with van der Waals surface area (Å²) in [7, 11) is 0. The second-order valence-electron chi connectivity index (χ2n) is 3.49. The minimum Gasteiger partial charge on any atom is -0.381 e. The first kappa shape index (κ1) is 11.8. The molecule has 0 aliphatic rings. The lowest BCUT2D eigenvalue weighted by atomic mass is 9.91. The van der Waals surface area contributed by atoms with Crippen molar-refractivity contribution in [2.45, 2.75) is 45.4 Å². The van der Waals surface area contributed by atoms with Crippen LogP contribution in [0.3, 0.4) is 0 Å². The van der Waals surface area contributed by atoms with Gasteiger partial charge in [0.25, 0.3) is 0 Å². The lowest BCUT2D eigenvalue weighted by Crippen LogP contribution is -2.43. The Morgan fingerprint density at radius 1 is 1.33 bits per heavy atom. The second kappa shape index (κ2) is 3.64. The summed E-state index contributed by atoms with van der Waals surface area (Å²) in [6.07, 6.45) is -4.10. The third-order valence-electron chi connectivity index (χ3n) is 2.05. The van der Waals surface area contributed by atoms with E-state index in [1.165, 1.54) is 0 Å². The lowest BCUT2D eigenvalue weighted by Gasteiger charge is -2.28. The van der Waals surface area contributed by atoms with Gasteiger partial charge in [-0.25, -0.2) is 0 Å². The van der Waals surface area contributed by atoms with Crippen molar-refractivity contribution in [2.24, 2.45) is 5.92 Å². The van der Waals surface area contributed by atoms with E-state index < -0.39 is 11.8 Å². The zero-order chi connectivity index (χ0) is 9.99. The Morgan fingerprint density at radius 2 is 1.75 bits per heavy atom. The number of aliphatic hydroxyl groups is 1. The first-order valence-electron chi connectivity index (χ1n) is 4.00. The summed E-state index contributed by atoms with van der Waals surface area (Å²) in [6, 6.07) is 0. The van der Waals surface area contributed by atoms with Crippen molar-refractivity contribution >= 4 is 0 Å². The van der Waals surface area contributed by atoms with Crippen LogP contribution in [0, 0.1) is 5.92 Å². The van der Waals surface area contributed by atoms with E-state index in [1.807, 2.05) is 0 Å². The fourth-order valence-electron chi connectivity index (χ4n) is 0.939. The van der Waals surface area contributed by atoms with E-state index in [-0.39, 0.29) is 12.3 Å². The Hall–Kier alpha value is -0.250. The van der Waals surface area contributed by atoms with E-state index in [0.29, 0.717) is 6.42 Å². The predicted octanol–water partition coefficient (Wildman–Crippen LogP) is 2.74. The Kier molecular flexibility index (Phi) is 3.57.